The molecule has 0 bridgehead atoms. The Morgan fingerprint density at radius 1 is 1.03 bits per heavy atom. The first-order chi connectivity index (χ1) is 14.3. The number of amides is 1. The summed E-state index contributed by atoms with van der Waals surface area (Å²) in [5.74, 6) is 0.125. The van der Waals surface area contributed by atoms with E-state index in [2.05, 4.69) is 5.32 Å². The number of nitrogens with one attached hydrogen (secondary N) is 1. The normalized spacial score (nSPS) is 16.8. The molecule has 0 aromatic heterocycles. The average molecular weight is 437 g/mol. The van der Waals surface area contributed by atoms with Crippen molar-refractivity contribution in [2.45, 2.75) is 13.0 Å². The van der Waals surface area contributed by atoms with Gasteiger partial charge < -0.3 is 14.8 Å². The number of carbonyl (C=O) groups excluding carboxylic acids is 1. The number of benzene rings is 2. The molecule has 162 valence electrons. The van der Waals surface area contributed by atoms with Gasteiger partial charge in [-0.05, 0) is 36.2 Å². The Morgan fingerprint density at radius 3 is 2.37 bits per heavy atom. The van der Waals surface area contributed by atoms with Gasteiger partial charge in [-0.15, -0.1) is 0 Å². The Morgan fingerprint density at radius 2 is 1.70 bits per heavy atom. The minimum Gasteiger partial charge on any atom is -0.493 e. The predicted octanol–water partition coefficient (Wildman–Crippen LogP) is 2.23. The molecule has 10 heteroatoms. The number of anilines is 1. The van der Waals surface area contributed by atoms with Gasteiger partial charge in [-0.2, -0.15) is 17.0 Å². The first-order valence-electron chi connectivity index (χ1n) is 9.35. The maximum Gasteiger partial charge on any atom is 0.282 e. The van der Waals surface area contributed by atoms with E-state index in [4.69, 9.17) is 9.47 Å². The molecule has 1 saturated heterocycles. The number of hydrogen-bond donors (Lipinski definition) is 1. The second-order valence-electron chi connectivity index (χ2n) is 6.77. The van der Waals surface area contributed by atoms with Crippen LogP contribution in [0.2, 0.25) is 0 Å². The SMILES string of the molecule is COc1ccc(NC(=O)CN2CCCN(Cc3ccc(F)cc3)S2(=O)=O)cc1OC. The Kier molecular flexibility index (Phi) is 6.91. The summed E-state index contributed by atoms with van der Waals surface area (Å²) in [6.45, 7) is 0.405. The zero-order valence-corrected chi connectivity index (χ0v) is 17.6. The summed E-state index contributed by atoms with van der Waals surface area (Å²) < 4.78 is 51.7. The fourth-order valence-electron chi connectivity index (χ4n) is 3.21. The zero-order valence-electron chi connectivity index (χ0n) is 16.8. The lowest BCUT2D eigenvalue weighted by Crippen LogP contribution is -2.51. The standard InChI is InChI=1S/C20H24FN3O5S/c1-28-18-9-8-17(12-19(18)29-2)22-20(25)14-24-11-3-10-23(30(24,26)27)13-15-4-6-16(21)7-5-15/h4-9,12H,3,10-11,13-14H2,1-2H3,(H,22,25). The van der Waals surface area contributed by atoms with Crippen LogP contribution in [0.25, 0.3) is 0 Å². The van der Waals surface area contributed by atoms with E-state index in [9.17, 15) is 17.6 Å². The quantitative estimate of drug-likeness (QED) is 0.718. The minimum atomic E-state index is -3.82. The highest BCUT2D eigenvalue weighted by Gasteiger charge is 2.34. The number of methoxy groups -OCH3 is 2. The van der Waals surface area contributed by atoms with E-state index in [1.807, 2.05) is 0 Å². The molecule has 2 aromatic rings. The van der Waals surface area contributed by atoms with Gasteiger partial charge in [0.25, 0.3) is 10.2 Å². The van der Waals surface area contributed by atoms with Gasteiger partial charge in [0.15, 0.2) is 11.5 Å². The van der Waals surface area contributed by atoms with Crippen LogP contribution in [0, 0.1) is 5.82 Å². The monoisotopic (exact) mass is 437 g/mol. The van der Waals surface area contributed by atoms with Crippen molar-refractivity contribution in [2.24, 2.45) is 0 Å². The molecule has 0 saturated carbocycles. The molecule has 1 heterocycles. The van der Waals surface area contributed by atoms with Crippen molar-refractivity contribution >= 4 is 21.8 Å². The highest BCUT2D eigenvalue weighted by Crippen LogP contribution is 2.29. The van der Waals surface area contributed by atoms with Crippen LogP contribution in [-0.4, -0.2) is 56.8 Å². The van der Waals surface area contributed by atoms with Crippen molar-refractivity contribution in [1.82, 2.24) is 8.61 Å². The van der Waals surface area contributed by atoms with Crippen LogP contribution >= 0.6 is 0 Å². The van der Waals surface area contributed by atoms with Gasteiger partial charge in [0.1, 0.15) is 5.82 Å². The summed E-state index contributed by atoms with van der Waals surface area (Å²) in [4.78, 5) is 12.5. The second-order valence-corrected chi connectivity index (χ2v) is 8.70. The molecular formula is C20H24FN3O5S. The van der Waals surface area contributed by atoms with Crippen LogP contribution in [0.1, 0.15) is 12.0 Å². The maximum atomic E-state index is 13.1. The third-order valence-corrected chi connectivity index (χ3v) is 6.66. The summed E-state index contributed by atoms with van der Waals surface area (Å²) in [5, 5.41) is 2.68. The highest BCUT2D eigenvalue weighted by molar-refractivity contribution is 7.86. The molecule has 0 atom stereocenters. The molecule has 30 heavy (non-hydrogen) atoms. The molecule has 0 unspecified atom stereocenters. The highest BCUT2D eigenvalue weighted by atomic mass is 32.2. The molecule has 1 N–H and O–H groups in total. The number of rotatable bonds is 7. The molecule has 1 aliphatic heterocycles. The van der Waals surface area contributed by atoms with Crippen LogP contribution < -0.4 is 14.8 Å². The lowest BCUT2D eigenvalue weighted by molar-refractivity contribution is -0.116. The molecule has 8 nitrogen and oxygen atoms in total. The molecule has 1 amide bonds. The van der Waals surface area contributed by atoms with Gasteiger partial charge in [0.2, 0.25) is 5.91 Å². The number of nitrogens with zero attached hydrogens (tertiary/aromatic N) is 2. The van der Waals surface area contributed by atoms with E-state index in [0.29, 0.717) is 35.7 Å². The average Bonchev–Trinajstić information content (AvgIpc) is 2.72. The first kappa shape index (κ1) is 22.0. The summed E-state index contributed by atoms with van der Waals surface area (Å²) >= 11 is 0. The Labute approximate surface area is 175 Å². The lowest BCUT2D eigenvalue weighted by Gasteiger charge is -2.34. The van der Waals surface area contributed by atoms with E-state index in [-0.39, 0.29) is 25.5 Å². The van der Waals surface area contributed by atoms with Crippen molar-refractivity contribution in [3.63, 3.8) is 0 Å². The smallest absolute Gasteiger partial charge is 0.282 e. The Hall–Kier alpha value is -2.69. The molecule has 2 aromatic carbocycles. The van der Waals surface area contributed by atoms with Crippen LogP contribution in [-0.2, 0) is 21.5 Å². The summed E-state index contributed by atoms with van der Waals surface area (Å²) in [5.41, 5.74) is 1.15. The molecule has 0 aliphatic carbocycles. The predicted molar refractivity (Wildman–Crippen MR) is 110 cm³/mol. The summed E-state index contributed by atoms with van der Waals surface area (Å²) in [6, 6.07) is 10.6. The minimum absolute atomic E-state index is 0.121. The van der Waals surface area contributed by atoms with Gasteiger partial charge in [-0.1, -0.05) is 12.1 Å². The fourth-order valence-corrected chi connectivity index (χ4v) is 4.85. The van der Waals surface area contributed by atoms with Gasteiger partial charge in [-0.25, -0.2) is 4.39 Å². The Bertz CT molecular complexity index is 998. The topological polar surface area (TPSA) is 88.2 Å². The van der Waals surface area contributed by atoms with Crippen molar-refractivity contribution < 1.29 is 27.1 Å². The maximum absolute atomic E-state index is 13.1. The summed E-state index contributed by atoms with van der Waals surface area (Å²) in [7, 11) is -0.822. The van der Waals surface area contributed by atoms with Gasteiger partial charge in [-0.3, -0.25) is 4.79 Å². The van der Waals surface area contributed by atoms with Crippen molar-refractivity contribution in [2.75, 3.05) is 39.2 Å². The molecular weight excluding hydrogens is 413 g/mol. The lowest BCUT2D eigenvalue weighted by atomic mass is 10.2. The van der Waals surface area contributed by atoms with Gasteiger partial charge in [0.05, 0.1) is 20.8 Å². The molecule has 1 aliphatic rings. The van der Waals surface area contributed by atoms with Gasteiger partial charge in [0, 0.05) is 31.4 Å². The van der Waals surface area contributed by atoms with E-state index < -0.39 is 16.1 Å². The third kappa shape index (κ3) is 5.07. The molecule has 0 spiro atoms. The van der Waals surface area contributed by atoms with Crippen LogP contribution in [0.4, 0.5) is 10.1 Å². The zero-order chi connectivity index (χ0) is 21.7. The first-order valence-corrected chi connectivity index (χ1v) is 10.7. The third-order valence-electron chi connectivity index (χ3n) is 4.73. The van der Waals surface area contributed by atoms with E-state index in [1.165, 1.54) is 30.7 Å². The summed E-state index contributed by atoms with van der Waals surface area (Å²) in [6.07, 6.45) is 0.587. The largest absolute Gasteiger partial charge is 0.493 e. The Balaban J connectivity index is 1.66. The van der Waals surface area contributed by atoms with Crippen molar-refractivity contribution in [1.29, 1.82) is 0 Å². The second kappa shape index (κ2) is 9.41. The van der Waals surface area contributed by atoms with E-state index >= 15 is 0 Å². The number of carbonyl (C=O) groups is 1. The van der Waals surface area contributed by atoms with Crippen LogP contribution in [0.15, 0.2) is 42.5 Å². The molecule has 1 fully saturated rings. The van der Waals surface area contributed by atoms with E-state index in [0.717, 1.165) is 4.31 Å². The van der Waals surface area contributed by atoms with Crippen LogP contribution in [0.5, 0.6) is 11.5 Å². The van der Waals surface area contributed by atoms with Crippen molar-refractivity contribution in [3.8, 4) is 11.5 Å². The van der Waals surface area contributed by atoms with E-state index in [1.54, 1.807) is 30.3 Å². The number of halogens is 1. The number of ether oxygens (including phenoxy) is 2. The number of hydrogen-bond acceptors (Lipinski definition) is 5. The van der Waals surface area contributed by atoms with Gasteiger partial charge >= 0.3 is 0 Å². The molecule has 3 rings (SSSR count). The van der Waals surface area contributed by atoms with Crippen molar-refractivity contribution in [3.05, 3.63) is 53.8 Å². The fraction of sp³-hybridized carbons (Fsp3) is 0.350. The molecule has 0 radical (unpaired) electrons. The van der Waals surface area contributed by atoms with Crippen LogP contribution in [0.3, 0.4) is 0 Å².